The molecule has 1 saturated carbocycles. The van der Waals surface area contributed by atoms with E-state index in [-0.39, 0.29) is 17.7 Å². The quantitative estimate of drug-likeness (QED) is 0.323. The Morgan fingerprint density at radius 1 is 0.947 bits per heavy atom. The fraction of sp³-hybridized carbons (Fsp3) is 0.333. The maximum Gasteiger partial charge on any atom is 0.435 e. The average Bonchev–Trinajstić information content (AvgIpc) is 2.90. The van der Waals surface area contributed by atoms with Gasteiger partial charge in [-0.2, -0.15) is 18.3 Å². The molecule has 11 heteroatoms. The van der Waals surface area contributed by atoms with Crippen molar-refractivity contribution in [3.63, 3.8) is 0 Å². The third-order valence-electron chi connectivity index (χ3n) is 7.02. The second kappa shape index (κ2) is 10.4. The Labute approximate surface area is 215 Å². The summed E-state index contributed by atoms with van der Waals surface area (Å²) in [5.74, 6) is -0.363. The summed E-state index contributed by atoms with van der Waals surface area (Å²) in [7, 11) is 0. The Morgan fingerprint density at radius 3 is 2.34 bits per heavy atom. The highest BCUT2D eigenvalue weighted by Gasteiger charge is 2.36. The van der Waals surface area contributed by atoms with Crippen LogP contribution in [0, 0.1) is 12.7 Å². The van der Waals surface area contributed by atoms with Gasteiger partial charge in [-0.05, 0) is 67.7 Å². The first-order valence-corrected chi connectivity index (χ1v) is 12.2. The molecule has 0 N–H and O–H groups in total. The molecule has 1 aromatic carbocycles. The Bertz CT molecular complexity index is 1480. The molecular weight excluding hydrogens is 500 g/mol. The van der Waals surface area contributed by atoms with Crippen LogP contribution in [0.2, 0.25) is 0 Å². The van der Waals surface area contributed by atoms with Crippen LogP contribution >= 0.6 is 0 Å². The summed E-state index contributed by atoms with van der Waals surface area (Å²) in [6.07, 6.45) is 4.40. The normalized spacial score (nSPS) is 17.9. The third-order valence-corrected chi connectivity index (χ3v) is 7.02. The predicted octanol–water partition coefficient (Wildman–Crippen LogP) is 5.45. The van der Waals surface area contributed by atoms with Gasteiger partial charge in [0.1, 0.15) is 17.2 Å². The van der Waals surface area contributed by atoms with Gasteiger partial charge >= 0.3 is 6.18 Å². The molecule has 0 amide bonds. The fourth-order valence-electron chi connectivity index (χ4n) is 5.23. The lowest BCUT2D eigenvalue weighted by Gasteiger charge is -2.30. The number of aromatic nitrogens is 6. The number of alkyl halides is 3. The maximum atomic E-state index is 14.6. The second-order valence-corrected chi connectivity index (χ2v) is 9.41. The lowest BCUT2D eigenvalue weighted by Crippen LogP contribution is -2.31. The van der Waals surface area contributed by atoms with E-state index in [1.54, 1.807) is 12.1 Å². The summed E-state index contributed by atoms with van der Waals surface area (Å²) in [5.41, 5.74) is 0.667. The van der Waals surface area contributed by atoms with Gasteiger partial charge in [-0.1, -0.05) is 12.1 Å². The molecule has 3 aromatic heterocycles. The van der Waals surface area contributed by atoms with E-state index < -0.39 is 29.7 Å². The molecule has 0 aliphatic heterocycles. The van der Waals surface area contributed by atoms with Crippen LogP contribution in [0.5, 0.6) is 0 Å². The van der Waals surface area contributed by atoms with Crippen LogP contribution in [-0.2, 0) is 12.7 Å². The molecule has 0 radical (unpaired) electrons. The molecule has 0 atom stereocenters. The van der Waals surface area contributed by atoms with E-state index in [0.717, 1.165) is 22.6 Å². The molecule has 5 rings (SSSR count). The largest absolute Gasteiger partial charge is 0.435 e. The summed E-state index contributed by atoms with van der Waals surface area (Å²) in [5, 5.41) is 4.32. The lowest BCUT2D eigenvalue weighted by atomic mass is 9.75. The highest BCUT2D eigenvalue weighted by atomic mass is 19.4. The summed E-state index contributed by atoms with van der Waals surface area (Å²) in [6, 6.07) is 6.68. The Morgan fingerprint density at radius 2 is 1.66 bits per heavy atom. The van der Waals surface area contributed by atoms with Crippen molar-refractivity contribution in [2.75, 3.05) is 0 Å². The van der Waals surface area contributed by atoms with E-state index in [1.165, 1.54) is 24.7 Å². The van der Waals surface area contributed by atoms with Crippen LogP contribution in [-0.4, -0.2) is 29.7 Å². The Hall–Kier alpha value is -4.02. The minimum atomic E-state index is -4.73. The molecule has 0 spiro atoms. The molecule has 4 aromatic rings. The number of halogens is 4. The van der Waals surface area contributed by atoms with Crippen molar-refractivity contribution >= 4 is 0 Å². The molecule has 0 bridgehead atoms. The first kappa shape index (κ1) is 25.6. The first-order chi connectivity index (χ1) is 18.2. The molecule has 196 valence electrons. The summed E-state index contributed by atoms with van der Waals surface area (Å²) in [4.78, 5) is 29.1. The standard InChI is InChI=1S/C27H24F4N6O/c1-16-3-2-4-20(28)24(16)18-7-5-17(6-8-18)19-13-21(22-14-32-9-10-33-22)36-37(26(19)38)15-23-25(27(29,30)31)35-12-11-34-23/h2-4,9-14,17-18H,5-8,15H2,1H3. The van der Waals surface area contributed by atoms with Crippen molar-refractivity contribution in [2.45, 2.75) is 57.2 Å². The predicted molar refractivity (Wildman–Crippen MR) is 131 cm³/mol. The zero-order valence-electron chi connectivity index (χ0n) is 20.5. The number of nitrogens with zero attached hydrogens (tertiary/aromatic N) is 6. The van der Waals surface area contributed by atoms with Crippen molar-refractivity contribution < 1.29 is 17.6 Å². The fourth-order valence-corrected chi connectivity index (χ4v) is 5.23. The number of hydrogen-bond donors (Lipinski definition) is 0. The maximum absolute atomic E-state index is 14.6. The average molecular weight is 525 g/mol. The molecular formula is C27H24F4N6O. The number of aryl methyl sites for hydroxylation is 1. The third kappa shape index (κ3) is 5.18. The van der Waals surface area contributed by atoms with Crippen molar-refractivity contribution in [2.24, 2.45) is 0 Å². The van der Waals surface area contributed by atoms with E-state index >= 15 is 0 Å². The zero-order valence-corrected chi connectivity index (χ0v) is 20.5. The molecule has 1 aliphatic carbocycles. The number of hydrogen-bond acceptors (Lipinski definition) is 6. The first-order valence-electron chi connectivity index (χ1n) is 12.2. The monoisotopic (exact) mass is 524 g/mol. The summed E-state index contributed by atoms with van der Waals surface area (Å²) in [6.45, 7) is 1.38. The van der Waals surface area contributed by atoms with Gasteiger partial charge in [-0.25, -0.2) is 14.1 Å². The number of benzene rings is 1. The minimum absolute atomic E-state index is 0.0323. The van der Waals surface area contributed by atoms with E-state index in [0.29, 0.717) is 48.2 Å². The van der Waals surface area contributed by atoms with E-state index in [4.69, 9.17) is 0 Å². The van der Waals surface area contributed by atoms with Gasteiger partial charge in [0.15, 0.2) is 5.69 Å². The van der Waals surface area contributed by atoms with Gasteiger partial charge in [-0.3, -0.25) is 19.7 Å². The van der Waals surface area contributed by atoms with Crippen molar-refractivity contribution in [3.8, 4) is 11.4 Å². The van der Waals surface area contributed by atoms with Crippen molar-refractivity contribution in [1.29, 1.82) is 0 Å². The summed E-state index contributed by atoms with van der Waals surface area (Å²) >= 11 is 0. The van der Waals surface area contributed by atoms with Crippen LogP contribution in [0.3, 0.4) is 0 Å². The van der Waals surface area contributed by atoms with E-state index in [1.807, 2.05) is 13.0 Å². The van der Waals surface area contributed by atoms with Crippen LogP contribution in [0.15, 0.2) is 60.0 Å². The van der Waals surface area contributed by atoms with Gasteiger partial charge in [0, 0.05) is 30.4 Å². The molecule has 0 unspecified atom stereocenters. The summed E-state index contributed by atoms with van der Waals surface area (Å²) < 4.78 is 56.2. The van der Waals surface area contributed by atoms with Crippen LogP contribution in [0.1, 0.15) is 65.6 Å². The van der Waals surface area contributed by atoms with Crippen LogP contribution < -0.4 is 5.56 Å². The molecule has 0 saturated heterocycles. The minimum Gasteiger partial charge on any atom is -0.267 e. The Kier molecular flexibility index (Phi) is 7.00. The topological polar surface area (TPSA) is 86.4 Å². The smallest absolute Gasteiger partial charge is 0.267 e. The SMILES string of the molecule is Cc1cccc(F)c1C1CCC(c2cc(-c3cnccn3)nn(Cc3nccnc3C(F)(F)F)c2=O)CC1. The highest BCUT2D eigenvalue weighted by molar-refractivity contribution is 5.53. The molecule has 38 heavy (non-hydrogen) atoms. The van der Waals surface area contributed by atoms with Gasteiger partial charge in [-0.15, -0.1) is 0 Å². The highest BCUT2D eigenvalue weighted by Crippen LogP contribution is 2.41. The zero-order chi connectivity index (χ0) is 26.9. The van der Waals surface area contributed by atoms with Gasteiger partial charge in [0.05, 0.1) is 18.4 Å². The van der Waals surface area contributed by atoms with Crippen LogP contribution in [0.25, 0.3) is 11.4 Å². The molecule has 7 nitrogen and oxygen atoms in total. The van der Waals surface area contributed by atoms with Gasteiger partial charge in [0.2, 0.25) is 0 Å². The van der Waals surface area contributed by atoms with Gasteiger partial charge in [0.25, 0.3) is 5.56 Å². The van der Waals surface area contributed by atoms with Crippen LogP contribution in [0.4, 0.5) is 17.6 Å². The Balaban J connectivity index is 1.51. The van der Waals surface area contributed by atoms with Crippen molar-refractivity contribution in [1.82, 2.24) is 29.7 Å². The number of rotatable bonds is 5. The second-order valence-electron chi connectivity index (χ2n) is 9.41. The van der Waals surface area contributed by atoms with Crippen molar-refractivity contribution in [3.05, 3.63) is 99.5 Å². The molecule has 3 heterocycles. The lowest BCUT2D eigenvalue weighted by molar-refractivity contribution is -0.142. The van der Waals surface area contributed by atoms with E-state index in [9.17, 15) is 22.4 Å². The molecule has 1 aliphatic rings. The van der Waals surface area contributed by atoms with E-state index in [2.05, 4.69) is 25.0 Å². The molecule has 1 fully saturated rings. The van der Waals surface area contributed by atoms with Gasteiger partial charge < -0.3 is 0 Å².